The third-order valence-corrected chi connectivity index (χ3v) is 6.16. The smallest absolute Gasteiger partial charge is 0.258 e. The Labute approximate surface area is 182 Å². The Morgan fingerprint density at radius 1 is 1.10 bits per heavy atom. The molecule has 156 valence electrons. The van der Waals surface area contributed by atoms with Crippen LogP contribution in [-0.4, -0.2) is 40.2 Å². The van der Waals surface area contributed by atoms with Crippen LogP contribution in [0, 0.1) is 0 Å². The summed E-state index contributed by atoms with van der Waals surface area (Å²) in [4.78, 5) is 15.2. The Hall–Kier alpha value is -2.63. The molecular formula is C24H27ClN4O. The normalized spacial score (nSPS) is 16.3. The van der Waals surface area contributed by atoms with E-state index in [0.29, 0.717) is 16.5 Å². The van der Waals surface area contributed by atoms with Crippen LogP contribution in [0.25, 0.3) is 0 Å². The first-order chi connectivity index (χ1) is 14.6. The minimum Gasteiger partial charge on any atom is -0.307 e. The Kier molecular flexibility index (Phi) is 6.50. The van der Waals surface area contributed by atoms with Gasteiger partial charge in [-0.05, 0) is 36.5 Å². The second-order valence-corrected chi connectivity index (χ2v) is 8.35. The number of amides is 1. The molecule has 1 aliphatic heterocycles. The van der Waals surface area contributed by atoms with Gasteiger partial charge in [0.05, 0.1) is 22.8 Å². The number of anilines is 1. The van der Waals surface area contributed by atoms with Crippen LogP contribution in [0.15, 0.2) is 66.9 Å². The summed E-state index contributed by atoms with van der Waals surface area (Å²) in [6, 6.07) is 19.9. The molecule has 0 spiro atoms. The number of halogens is 1. The second kappa shape index (κ2) is 9.45. The predicted octanol–water partition coefficient (Wildman–Crippen LogP) is 5.23. The van der Waals surface area contributed by atoms with Gasteiger partial charge in [0.15, 0.2) is 0 Å². The highest BCUT2D eigenvalue weighted by Crippen LogP contribution is 2.27. The van der Waals surface area contributed by atoms with E-state index in [9.17, 15) is 4.79 Å². The van der Waals surface area contributed by atoms with E-state index >= 15 is 0 Å². The molecule has 1 N–H and O–H groups in total. The monoisotopic (exact) mass is 422 g/mol. The number of carbonyl (C=O) groups excluding carboxylic acids is 1. The maximum atomic E-state index is 12.6. The van der Waals surface area contributed by atoms with E-state index in [2.05, 4.69) is 52.6 Å². The summed E-state index contributed by atoms with van der Waals surface area (Å²) >= 11 is 6.16. The Morgan fingerprint density at radius 3 is 2.53 bits per heavy atom. The van der Waals surface area contributed by atoms with Gasteiger partial charge in [0.1, 0.15) is 5.82 Å². The van der Waals surface area contributed by atoms with Gasteiger partial charge in [-0.1, -0.05) is 61.0 Å². The number of hydrogen-bond acceptors (Lipinski definition) is 3. The van der Waals surface area contributed by atoms with Gasteiger partial charge >= 0.3 is 0 Å². The van der Waals surface area contributed by atoms with Gasteiger partial charge in [0.25, 0.3) is 5.91 Å². The number of nitrogens with one attached hydrogen (secondary N) is 1. The van der Waals surface area contributed by atoms with Gasteiger partial charge in [-0.3, -0.25) is 4.79 Å². The minimum atomic E-state index is -0.212. The van der Waals surface area contributed by atoms with Crippen LogP contribution >= 0.6 is 11.6 Å². The van der Waals surface area contributed by atoms with Crippen molar-refractivity contribution in [1.82, 2.24) is 14.7 Å². The molecule has 0 saturated carbocycles. The van der Waals surface area contributed by atoms with Gasteiger partial charge < -0.3 is 10.2 Å². The maximum Gasteiger partial charge on any atom is 0.258 e. The van der Waals surface area contributed by atoms with Crippen LogP contribution in [0.2, 0.25) is 5.02 Å². The summed E-state index contributed by atoms with van der Waals surface area (Å²) in [5, 5.41) is 7.91. The van der Waals surface area contributed by atoms with Crippen LogP contribution in [-0.2, 0) is 0 Å². The van der Waals surface area contributed by atoms with E-state index in [1.165, 1.54) is 5.56 Å². The van der Waals surface area contributed by atoms with Gasteiger partial charge in [-0.25, -0.2) is 4.68 Å². The second-order valence-electron chi connectivity index (χ2n) is 7.94. The van der Waals surface area contributed by atoms with E-state index in [1.807, 2.05) is 22.9 Å². The lowest BCUT2D eigenvalue weighted by atomic mass is 9.98. The lowest BCUT2D eigenvalue weighted by Gasteiger charge is -2.34. The molecule has 2 heterocycles. The molecule has 6 heteroatoms. The van der Waals surface area contributed by atoms with E-state index in [1.54, 1.807) is 18.3 Å². The van der Waals surface area contributed by atoms with Crippen molar-refractivity contribution >= 4 is 23.3 Å². The first-order valence-electron chi connectivity index (χ1n) is 10.5. The summed E-state index contributed by atoms with van der Waals surface area (Å²) in [6.07, 6.45) is 3.77. The molecule has 30 heavy (non-hydrogen) atoms. The molecule has 0 radical (unpaired) electrons. The molecule has 2 aromatic carbocycles. The topological polar surface area (TPSA) is 50.2 Å². The molecule has 1 fully saturated rings. The van der Waals surface area contributed by atoms with Crippen molar-refractivity contribution in [3.8, 4) is 0 Å². The van der Waals surface area contributed by atoms with E-state index in [4.69, 9.17) is 11.6 Å². The highest BCUT2D eigenvalue weighted by Gasteiger charge is 2.24. The first kappa shape index (κ1) is 20.6. The molecule has 3 aromatic rings. The third kappa shape index (κ3) is 4.74. The summed E-state index contributed by atoms with van der Waals surface area (Å²) in [7, 11) is 0. The fraction of sp³-hybridized carbons (Fsp3) is 0.333. The summed E-state index contributed by atoms with van der Waals surface area (Å²) in [5.41, 5.74) is 1.85. The highest BCUT2D eigenvalue weighted by molar-refractivity contribution is 6.34. The number of nitrogens with zero attached hydrogens (tertiary/aromatic N) is 3. The Morgan fingerprint density at radius 2 is 1.80 bits per heavy atom. The fourth-order valence-electron chi connectivity index (χ4n) is 4.15. The zero-order chi connectivity index (χ0) is 20.9. The van der Waals surface area contributed by atoms with Crippen LogP contribution in [0.5, 0.6) is 0 Å². The van der Waals surface area contributed by atoms with E-state index in [-0.39, 0.29) is 11.9 Å². The fourth-order valence-corrected chi connectivity index (χ4v) is 4.38. The molecule has 5 nitrogen and oxygen atoms in total. The molecule has 4 rings (SSSR count). The molecule has 1 saturated heterocycles. The molecule has 1 amide bonds. The lowest BCUT2D eigenvalue weighted by Crippen LogP contribution is -2.37. The quantitative estimate of drug-likeness (QED) is 0.591. The molecule has 0 aliphatic carbocycles. The SMILES string of the molecule is C[C@H](CN1CCC(n2nccc2NC(=O)c2ccccc2Cl)CC1)c1ccccc1. The highest BCUT2D eigenvalue weighted by atomic mass is 35.5. The van der Waals surface area contributed by atoms with Crippen LogP contribution < -0.4 is 5.32 Å². The molecule has 1 aliphatic rings. The van der Waals surface area contributed by atoms with E-state index < -0.39 is 0 Å². The number of piperidine rings is 1. The van der Waals surface area contributed by atoms with Gasteiger partial charge in [0.2, 0.25) is 0 Å². The number of hydrogen-bond donors (Lipinski definition) is 1. The van der Waals surface area contributed by atoms with Crippen molar-refractivity contribution in [3.63, 3.8) is 0 Å². The lowest BCUT2D eigenvalue weighted by molar-refractivity contribution is 0.102. The van der Waals surface area contributed by atoms with Crippen molar-refractivity contribution < 1.29 is 4.79 Å². The predicted molar refractivity (Wildman–Crippen MR) is 121 cm³/mol. The van der Waals surface area contributed by atoms with Crippen molar-refractivity contribution in [1.29, 1.82) is 0 Å². The number of likely N-dealkylation sites (tertiary alicyclic amines) is 1. The molecule has 0 bridgehead atoms. The van der Waals surface area contributed by atoms with Gasteiger partial charge in [-0.2, -0.15) is 5.10 Å². The summed E-state index contributed by atoms with van der Waals surface area (Å²) in [6.45, 7) is 5.41. The maximum absolute atomic E-state index is 12.6. The first-order valence-corrected chi connectivity index (χ1v) is 10.9. The zero-order valence-electron chi connectivity index (χ0n) is 17.2. The van der Waals surface area contributed by atoms with Gasteiger partial charge in [0, 0.05) is 25.7 Å². The largest absolute Gasteiger partial charge is 0.307 e. The van der Waals surface area contributed by atoms with Gasteiger partial charge in [-0.15, -0.1) is 0 Å². The summed E-state index contributed by atoms with van der Waals surface area (Å²) < 4.78 is 1.95. The standard InChI is InChI=1S/C24H27ClN4O/c1-18(19-7-3-2-4-8-19)17-28-15-12-20(13-16-28)29-23(11-14-26-29)27-24(30)21-9-5-6-10-22(21)25/h2-11,14,18,20H,12-13,15-17H2,1H3,(H,27,30)/t18-/m1/s1. The van der Waals surface area contributed by atoms with Crippen molar-refractivity contribution in [2.24, 2.45) is 0 Å². The zero-order valence-corrected chi connectivity index (χ0v) is 17.9. The van der Waals surface area contributed by atoms with Crippen LogP contribution in [0.1, 0.15) is 47.6 Å². The number of carbonyl (C=O) groups is 1. The van der Waals surface area contributed by atoms with Crippen molar-refractivity contribution in [2.75, 3.05) is 25.0 Å². The average Bonchev–Trinajstić information content (AvgIpc) is 3.23. The van der Waals surface area contributed by atoms with Crippen LogP contribution in [0.3, 0.4) is 0 Å². The van der Waals surface area contributed by atoms with Crippen molar-refractivity contribution in [3.05, 3.63) is 83.0 Å². The molecule has 1 atom stereocenters. The third-order valence-electron chi connectivity index (χ3n) is 5.83. The molecule has 0 unspecified atom stereocenters. The number of rotatable bonds is 6. The Balaban J connectivity index is 1.35. The average molecular weight is 423 g/mol. The van der Waals surface area contributed by atoms with Crippen molar-refractivity contribution in [2.45, 2.75) is 31.7 Å². The molecule has 1 aromatic heterocycles. The number of aromatic nitrogens is 2. The van der Waals surface area contributed by atoms with E-state index in [0.717, 1.165) is 38.3 Å². The minimum absolute atomic E-state index is 0.212. The molecular weight excluding hydrogens is 396 g/mol. The number of benzene rings is 2. The van der Waals surface area contributed by atoms with Crippen LogP contribution in [0.4, 0.5) is 5.82 Å². The summed E-state index contributed by atoms with van der Waals surface area (Å²) in [5.74, 6) is 1.02. The Bertz CT molecular complexity index is 980.